The number of nitrogens with zero attached hydrogens (tertiary/aromatic N) is 1. The van der Waals surface area contributed by atoms with Crippen molar-refractivity contribution in [1.29, 1.82) is 0 Å². The number of nitrogens with two attached hydrogens (primary N) is 1. The Kier molecular flexibility index (Phi) is 5.33. The standard InChI is InChI=1S/C14H21N3O3S/c1-9-7-17(8-10(2)20-9)5-3-12(18)16-14-11(13(15)19)4-6-21-14/h4,6,9-10H,3,5,7-8H2,1-2H3,(H2,15,19)(H,16,18)/t9-,10+. The van der Waals surface area contributed by atoms with E-state index in [-0.39, 0.29) is 18.1 Å². The van der Waals surface area contributed by atoms with Gasteiger partial charge in [0, 0.05) is 26.1 Å². The third-order valence-electron chi connectivity index (χ3n) is 3.33. The van der Waals surface area contributed by atoms with Gasteiger partial charge in [-0.2, -0.15) is 0 Å². The first-order chi connectivity index (χ1) is 9.95. The molecule has 2 amide bonds. The van der Waals surface area contributed by atoms with E-state index in [1.807, 2.05) is 13.8 Å². The van der Waals surface area contributed by atoms with Crippen LogP contribution in [-0.2, 0) is 9.53 Å². The number of morpholine rings is 1. The Morgan fingerprint density at radius 2 is 2.10 bits per heavy atom. The summed E-state index contributed by atoms with van der Waals surface area (Å²) < 4.78 is 5.66. The topological polar surface area (TPSA) is 84.7 Å². The molecule has 0 aromatic carbocycles. The van der Waals surface area contributed by atoms with Crippen LogP contribution >= 0.6 is 11.3 Å². The summed E-state index contributed by atoms with van der Waals surface area (Å²) >= 11 is 1.30. The second kappa shape index (κ2) is 7.02. The van der Waals surface area contributed by atoms with Gasteiger partial charge in [0.25, 0.3) is 5.91 Å². The van der Waals surface area contributed by atoms with Gasteiger partial charge in [0.1, 0.15) is 5.00 Å². The molecule has 0 unspecified atom stereocenters. The second-order valence-electron chi connectivity index (χ2n) is 5.34. The molecule has 1 aliphatic heterocycles. The molecular weight excluding hydrogens is 290 g/mol. The van der Waals surface area contributed by atoms with Crippen LogP contribution in [0.1, 0.15) is 30.6 Å². The number of primary amides is 1. The van der Waals surface area contributed by atoms with E-state index in [1.165, 1.54) is 11.3 Å². The van der Waals surface area contributed by atoms with Gasteiger partial charge in [-0.15, -0.1) is 11.3 Å². The summed E-state index contributed by atoms with van der Waals surface area (Å²) in [5.41, 5.74) is 5.61. The summed E-state index contributed by atoms with van der Waals surface area (Å²) in [7, 11) is 0. The number of ether oxygens (including phenoxy) is 1. The molecule has 0 radical (unpaired) electrons. The van der Waals surface area contributed by atoms with E-state index in [4.69, 9.17) is 10.5 Å². The fraction of sp³-hybridized carbons (Fsp3) is 0.571. The van der Waals surface area contributed by atoms with Gasteiger partial charge >= 0.3 is 0 Å². The zero-order valence-electron chi connectivity index (χ0n) is 12.3. The fourth-order valence-corrected chi connectivity index (χ4v) is 3.32. The fourth-order valence-electron chi connectivity index (χ4n) is 2.52. The second-order valence-corrected chi connectivity index (χ2v) is 6.26. The van der Waals surface area contributed by atoms with Gasteiger partial charge in [-0.3, -0.25) is 14.5 Å². The first-order valence-corrected chi connectivity index (χ1v) is 7.88. The van der Waals surface area contributed by atoms with Crippen LogP contribution in [0.2, 0.25) is 0 Å². The number of nitrogens with one attached hydrogen (secondary N) is 1. The highest BCUT2D eigenvalue weighted by atomic mass is 32.1. The van der Waals surface area contributed by atoms with Crippen molar-refractivity contribution < 1.29 is 14.3 Å². The molecule has 0 spiro atoms. The van der Waals surface area contributed by atoms with Crippen LogP contribution in [0.15, 0.2) is 11.4 Å². The van der Waals surface area contributed by atoms with Crippen molar-refractivity contribution in [3.05, 3.63) is 17.0 Å². The molecule has 0 saturated carbocycles. The number of amides is 2. The van der Waals surface area contributed by atoms with Crippen molar-refractivity contribution in [3.8, 4) is 0 Å². The van der Waals surface area contributed by atoms with Crippen LogP contribution in [0.3, 0.4) is 0 Å². The molecule has 0 bridgehead atoms. The first-order valence-electron chi connectivity index (χ1n) is 7.00. The van der Waals surface area contributed by atoms with Gasteiger partial charge in [-0.1, -0.05) is 0 Å². The lowest BCUT2D eigenvalue weighted by Crippen LogP contribution is -2.46. The van der Waals surface area contributed by atoms with Gasteiger partial charge < -0.3 is 15.8 Å². The molecule has 1 aliphatic rings. The molecule has 7 heteroatoms. The summed E-state index contributed by atoms with van der Waals surface area (Å²) in [6.45, 7) is 6.43. The molecule has 1 fully saturated rings. The van der Waals surface area contributed by atoms with Crippen molar-refractivity contribution in [2.45, 2.75) is 32.5 Å². The Morgan fingerprint density at radius 1 is 1.43 bits per heavy atom. The minimum absolute atomic E-state index is 0.105. The smallest absolute Gasteiger partial charge is 0.251 e. The van der Waals surface area contributed by atoms with Crippen molar-refractivity contribution in [3.63, 3.8) is 0 Å². The maximum Gasteiger partial charge on any atom is 0.251 e. The number of hydrogen-bond acceptors (Lipinski definition) is 5. The van der Waals surface area contributed by atoms with Crippen LogP contribution in [0.5, 0.6) is 0 Å². The average Bonchev–Trinajstić information content (AvgIpc) is 2.83. The maximum absolute atomic E-state index is 12.0. The van der Waals surface area contributed by atoms with E-state index in [0.29, 0.717) is 23.5 Å². The molecule has 1 aromatic heterocycles. The molecule has 2 heterocycles. The zero-order chi connectivity index (χ0) is 15.4. The Morgan fingerprint density at radius 3 is 2.71 bits per heavy atom. The van der Waals surface area contributed by atoms with E-state index in [1.54, 1.807) is 11.4 Å². The summed E-state index contributed by atoms with van der Waals surface area (Å²) in [5, 5.41) is 5.02. The summed E-state index contributed by atoms with van der Waals surface area (Å²) in [5.74, 6) is -0.630. The maximum atomic E-state index is 12.0. The largest absolute Gasteiger partial charge is 0.373 e. The van der Waals surface area contributed by atoms with E-state index in [2.05, 4.69) is 10.2 Å². The lowest BCUT2D eigenvalue weighted by atomic mass is 10.2. The van der Waals surface area contributed by atoms with Gasteiger partial charge in [0.05, 0.1) is 17.8 Å². The number of thiophene rings is 1. The number of anilines is 1. The van der Waals surface area contributed by atoms with Gasteiger partial charge in [0.15, 0.2) is 0 Å². The van der Waals surface area contributed by atoms with Crippen LogP contribution in [0.25, 0.3) is 0 Å². The normalized spacial score (nSPS) is 23.0. The van der Waals surface area contributed by atoms with Crippen molar-refractivity contribution >= 4 is 28.2 Å². The summed E-state index contributed by atoms with van der Waals surface area (Å²) in [4.78, 5) is 25.4. The molecule has 21 heavy (non-hydrogen) atoms. The molecule has 0 aliphatic carbocycles. The third kappa shape index (κ3) is 4.52. The molecular formula is C14H21N3O3S. The van der Waals surface area contributed by atoms with E-state index >= 15 is 0 Å². The lowest BCUT2D eigenvalue weighted by molar-refractivity contribution is -0.117. The van der Waals surface area contributed by atoms with E-state index in [9.17, 15) is 9.59 Å². The van der Waals surface area contributed by atoms with Crippen LogP contribution in [0.4, 0.5) is 5.00 Å². The lowest BCUT2D eigenvalue weighted by Gasteiger charge is -2.35. The molecule has 2 atom stereocenters. The van der Waals surface area contributed by atoms with Gasteiger partial charge in [-0.05, 0) is 25.3 Å². The molecule has 1 aromatic rings. The molecule has 1 saturated heterocycles. The van der Waals surface area contributed by atoms with E-state index in [0.717, 1.165) is 13.1 Å². The number of rotatable bonds is 5. The van der Waals surface area contributed by atoms with Crippen molar-refractivity contribution in [2.75, 3.05) is 25.0 Å². The van der Waals surface area contributed by atoms with Crippen LogP contribution < -0.4 is 11.1 Å². The quantitative estimate of drug-likeness (QED) is 0.858. The number of hydrogen-bond donors (Lipinski definition) is 2. The van der Waals surface area contributed by atoms with E-state index < -0.39 is 5.91 Å². The van der Waals surface area contributed by atoms with Crippen LogP contribution in [-0.4, -0.2) is 48.6 Å². The minimum Gasteiger partial charge on any atom is -0.373 e. The Labute approximate surface area is 128 Å². The third-order valence-corrected chi connectivity index (χ3v) is 4.16. The number of carbonyl (C=O) groups is 2. The SMILES string of the molecule is C[C@@H]1CN(CCC(=O)Nc2sccc2C(N)=O)C[C@H](C)O1. The molecule has 3 N–H and O–H groups in total. The van der Waals surface area contributed by atoms with Crippen molar-refractivity contribution in [1.82, 2.24) is 4.90 Å². The van der Waals surface area contributed by atoms with Crippen LogP contribution in [0, 0.1) is 0 Å². The average molecular weight is 311 g/mol. The monoisotopic (exact) mass is 311 g/mol. The minimum atomic E-state index is -0.526. The number of carbonyl (C=O) groups excluding carboxylic acids is 2. The van der Waals surface area contributed by atoms with Crippen molar-refractivity contribution in [2.24, 2.45) is 5.73 Å². The molecule has 6 nitrogen and oxygen atoms in total. The predicted octanol–water partition coefficient (Wildman–Crippen LogP) is 1.28. The van der Waals surface area contributed by atoms with Gasteiger partial charge in [-0.25, -0.2) is 0 Å². The summed E-state index contributed by atoms with van der Waals surface area (Å²) in [6, 6.07) is 1.62. The zero-order valence-corrected chi connectivity index (χ0v) is 13.1. The summed E-state index contributed by atoms with van der Waals surface area (Å²) in [6.07, 6.45) is 0.765. The molecule has 2 rings (SSSR count). The highest BCUT2D eigenvalue weighted by Crippen LogP contribution is 2.22. The first kappa shape index (κ1) is 15.9. The predicted molar refractivity (Wildman–Crippen MR) is 82.5 cm³/mol. The highest BCUT2D eigenvalue weighted by Gasteiger charge is 2.22. The Hall–Kier alpha value is -1.44. The Bertz CT molecular complexity index is 507. The molecule has 116 valence electrons. The van der Waals surface area contributed by atoms with Gasteiger partial charge in [0.2, 0.25) is 5.91 Å². The Balaban J connectivity index is 1.82. The highest BCUT2D eigenvalue weighted by molar-refractivity contribution is 7.14.